The molecule has 0 aliphatic carbocycles. The van der Waals surface area contributed by atoms with Gasteiger partial charge in [-0.15, -0.1) is 0 Å². The molecule has 1 heterocycles. The second-order valence-corrected chi connectivity index (χ2v) is 2.99. The van der Waals surface area contributed by atoms with Crippen LogP contribution in [0.2, 0.25) is 0 Å². The summed E-state index contributed by atoms with van der Waals surface area (Å²) in [5.74, 6) is 0.163. The molecule has 0 amide bonds. The number of alkyl halides is 1. The number of piperidine rings is 1. The molecule has 1 fully saturated rings. The van der Waals surface area contributed by atoms with Crippen LogP contribution in [-0.2, 0) is 0 Å². The zero-order valence-electron chi connectivity index (χ0n) is 6.52. The fraction of sp³-hybridized carbons (Fsp3) is 0.857. The van der Waals surface area contributed by atoms with Crippen LogP contribution in [0.25, 0.3) is 0 Å². The Morgan fingerprint density at radius 2 is 2.45 bits per heavy atom. The van der Waals surface area contributed by atoms with Crippen molar-refractivity contribution < 1.29 is 4.39 Å². The first kappa shape index (κ1) is 8.30. The summed E-state index contributed by atoms with van der Waals surface area (Å²) in [4.78, 5) is 1.73. The van der Waals surface area contributed by atoms with Crippen LogP contribution in [-0.4, -0.2) is 30.6 Å². The van der Waals surface area contributed by atoms with Gasteiger partial charge in [-0.25, -0.2) is 0 Å². The molecule has 11 heavy (non-hydrogen) atoms. The van der Waals surface area contributed by atoms with Gasteiger partial charge in [0.05, 0.1) is 6.67 Å². The summed E-state index contributed by atoms with van der Waals surface area (Å²) in [5.41, 5.74) is 5.27. The van der Waals surface area contributed by atoms with E-state index in [1.807, 2.05) is 0 Å². The highest BCUT2D eigenvalue weighted by atomic mass is 19.1. The van der Waals surface area contributed by atoms with Crippen LogP contribution in [0.3, 0.4) is 0 Å². The molecule has 3 nitrogen and oxygen atoms in total. The van der Waals surface area contributed by atoms with Gasteiger partial charge in [0.25, 0.3) is 0 Å². The molecule has 0 aromatic carbocycles. The first-order valence-corrected chi connectivity index (χ1v) is 3.89. The van der Waals surface area contributed by atoms with E-state index in [-0.39, 0.29) is 18.6 Å². The van der Waals surface area contributed by atoms with Crippen molar-refractivity contribution in [1.82, 2.24) is 4.90 Å². The molecule has 0 spiro atoms. The number of rotatable bonds is 1. The maximum absolute atomic E-state index is 12.2. The van der Waals surface area contributed by atoms with E-state index in [9.17, 15) is 4.39 Å². The molecule has 3 N–H and O–H groups in total. The van der Waals surface area contributed by atoms with Crippen molar-refractivity contribution in [2.24, 2.45) is 11.7 Å². The van der Waals surface area contributed by atoms with Gasteiger partial charge in [0.15, 0.2) is 5.96 Å². The summed E-state index contributed by atoms with van der Waals surface area (Å²) in [7, 11) is 0. The maximum Gasteiger partial charge on any atom is 0.188 e. The van der Waals surface area contributed by atoms with Crippen molar-refractivity contribution in [1.29, 1.82) is 5.41 Å². The first-order valence-electron chi connectivity index (χ1n) is 3.89. The number of nitrogens with one attached hydrogen (secondary N) is 1. The number of hydrogen-bond donors (Lipinski definition) is 2. The number of nitrogens with zero attached hydrogens (tertiary/aromatic N) is 1. The first-order chi connectivity index (χ1) is 5.24. The van der Waals surface area contributed by atoms with Gasteiger partial charge in [0.2, 0.25) is 0 Å². The summed E-state index contributed by atoms with van der Waals surface area (Å²) in [6.07, 6.45) is 1.88. The summed E-state index contributed by atoms with van der Waals surface area (Å²) in [6, 6.07) is 0. The lowest BCUT2D eigenvalue weighted by atomic mass is 10.00. The van der Waals surface area contributed by atoms with Crippen LogP contribution in [0.1, 0.15) is 12.8 Å². The predicted molar refractivity (Wildman–Crippen MR) is 42.2 cm³/mol. The average Bonchev–Trinajstić information content (AvgIpc) is 2.05. The van der Waals surface area contributed by atoms with Crippen molar-refractivity contribution in [3.63, 3.8) is 0 Å². The van der Waals surface area contributed by atoms with Gasteiger partial charge in [-0.05, 0) is 12.8 Å². The standard InChI is InChI=1S/C7H14FN3/c8-4-6-2-1-3-11(5-6)7(9)10/h6H,1-5H2,(H3,9,10)/t6-/m0/s1. The molecule has 0 radical (unpaired) electrons. The van der Waals surface area contributed by atoms with Crippen LogP contribution in [0.4, 0.5) is 4.39 Å². The van der Waals surface area contributed by atoms with Crippen molar-refractivity contribution in [2.75, 3.05) is 19.8 Å². The summed E-state index contributed by atoms with van der Waals surface area (Å²) >= 11 is 0. The Hall–Kier alpha value is -0.800. The van der Waals surface area contributed by atoms with Gasteiger partial charge in [-0.3, -0.25) is 9.80 Å². The van der Waals surface area contributed by atoms with Crippen LogP contribution >= 0.6 is 0 Å². The maximum atomic E-state index is 12.2. The number of nitrogens with two attached hydrogens (primary N) is 1. The van der Waals surface area contributed by atoms with Crippen molar-refractivity contribution in [3.05, 3.63) is 0 Å². The van der Waals surface area contributed by atoms with E-state index in [1.165, 1.54) is 0 Å². The summed E-state index contributed by atoms with van der Waals surface area (Å²) in [5, 5.41) is 7.14. The van der Waals surface area contributed by atoms with Crippen molar-refractivity contribution in [3.8, 4) is 0 Å². The smallest absolute Gasteiger partial charge is 0.188 e. The minimum atomic E-state index is -0.288. The fourth-order valence-electron chi connectivity index (χ4n) is 1.41. The minimum Gasteiger partial charge on any atom is -0.370 e. The zero-order chi connectivity index (χ0) is 8.27. The second kappa shape index (κ2) is 3.55. The fourth-order valence-corrected chi connectivity index (χ4v) is 1.41. The topological polar surface area (TPSA) is 53.1 Å². The van der Waals surface area contributed by atoms with Gasteiger partial charge < -0.3 is 10.6 Å². The van der Waals surface area contributed by atoms with E-state index in [1.54, 1.807) is 4.90 Å². The zero-order valence-corrected chi connectivity index (χ0v) is 6.52. The molecular formula is C7H14FN3. The SMILES string of the molecule is N=C(N)N1CCC[C@@H](CF)C1. The molecule has 0 aromatic heterocycles. The Morgan fingerprint density at radius 3 is 3.00 bits per heavy atom. The summed E-state index contributed by atoms with van der Waals surface area (Å²) < 4.78 is 12.2. The Balaban J connectivity index is 2.39. The largest absolute Gasteiger partial charge is 0.370 e. The normalized spacial score (nSPS) is 25.2. The van der Waals surface area contributed by atoms with Crippen molar-refractivity contribution in [2.45, 2.75) is 12.8 Å². The van der Waals surface area contributed by atoms with Crippen LogP contribution in [0, 0.1) is 11.3 Å². The number of hydrogen-bond acceptors (Lipinski definition) is 1. The second-order valence-electron chi connectivity index (χ2n) is 2.99. The third kappa shape index (κ3) is 2.06. The third-order valence-electron chi connectivity index (χ3n) is 2.08. The van der Waals surface area contributed by atoms with E-state index >= 15 is 0 Å². The molecule has 0 saturated carbocycles. The van der Waals surface area contributed by atoms with E-state index < -0.39 is 0 Å². The van der Waals surface area contributed by atoms with Crippen LogP contribution in [0.15, 0.2) is 0 Å². The Bertz CT molecular complexity index is 149. The molecule has 0 unspecified atom stereocenters. The van der Waals surface area contributed by atoms with Crippen molar-refractivity contribution >= 4 is 5.96 Å². The molecule has 4 heteroatoms. The van der Waals surface area contributed by atoms with Crippen LogP contribution < -0.4 is 5.73 Å². The van der Waals surface area contributed by atoms with E-state index in [2.05, 4.69) is 0 Å². The molecule has 1 saturated heterocycles. The number of guanidine groups is 1. The predicted octanol–water partition coefficient (Wildman–Crippen LogP) is 0.561. The van der Waals surface area contributed by atoms with E-state index in [4.69, 9.17) is 11.1 Å². The molecule has 1 aliphatic heterocycles. The highest BCUT2D eigenvalue weighted by molar-refractivity contribution is 5.74. The number of halogens is 1. The third-order valence-corrected chi connectivity index (χ3v) is 2.08. The molecule has 1 rings (SSSR count). The highest BCUT2D eigenvalue weighted by Gasteiger charge is 2.19. The van der Waals surface area contributed by atoms with Crippen LogP contribution in [0.5, 0.6) is 0 Å². The van der Waals surface area contributed by atoms with E-state index in [0.717, 1.165) is 19.4 Å². The molecule has 0 bridgehead atoms. The lowest BCUT2D eigenvalue weighted by molar-refractivity contribution is 0.217. The van der Waals surface area contributed by atoms with Gasteiger partial charge in [-0.2, -0.15) is 0 Å². The van der Waals surface area contributed by atoms with E-state index in [0.29, 0.717) is 6.54 Å². The van der Waals surface area contributed by atoms with Gasteiger partial charge >= 0.3 is 0 Å². The quantitative estimate of drug-likeness (QED) is 0.434. The van der Waals surface area contributed by atoms with Gasteiger partial charge in [0.1, 0.15) is 0 Å². The molecule has 64 valence electrons. The lowest BCUT2D eigenvalue weighted by Gasteiger charge is -2.31. The minimum absolute atomic E-state index is 0.0724. The molecular weight excluding hydrogens is 145 g/mol. The molecule has 1 aliphatic rings. The highest BCUT2D eigenvalue weighted by Crippen LogP contribution is 2.15. The summed E-state index contributed by atoms with van der Waals surface area (Å²) in [6.45, 7) is 1.14. The Morgan fingerprint density at radius 1 is 1.73 bits per heavy atom. The lowest BCUT2D eigenvalue weighted by Crippen LogP contribution is -2.43. The number of likely N-dealkylation sites (tertiary alicyclic amines) is 1. The van der Waals surface area contributed by atoms with Gasteiger partial charge in [0, 0.05) is 19.0 Å². The van der Waals surface area contributed by atoms with Gasteiger partial charge in [-0.1, -0.05) is 0 Å². The average molecular weight is 159 g/mol. The monoisotopic (exact) mass is 159 g/mol. The molecule has 1 atom stereocenters. The Labute approximate surface area is 65.9 Å². The molecule has 0 aromatic rings. The Kier molecular flexibility index (Phi) is 2.68.